The van der Waals surface area contributed by atoms with Crippen LogP contribution in [0.2, 0.25) is 0 Å². The summed E-state index contributed by atoms with van der Waals surface area (Å²) in [6, 6.07) is 7.10. The van der Waals surface area contributed by atoms with Gasteiger partial charge in [0.15, 0.2) is 0 Å². The fraction of sp³-hybridized carbons (Fsp3) is 0.286. The van der Waals surface area contributed by atoms with Crippen molar-refractivity contribution in [2.24, 2.45) is 0 Å². The molecule has 0 saturated heterocycles. The smallest absolute Gasteiger partial charge is 0.256 e. The van der Waals surface area contributed by atoms with Crippen LogP contribution in [0.25, 0.3) is 0 Å². The maximum absolute atomic E-state index is 12.1. The molecule has 0 aliphatic rings. The number of rotatable bonds is 4. The summed E-state index contributed by atoms with van der Waals surface area (Å²) in [7, 11) is 0. The molecule has 0 radical (unpaired) electrons. The minimum Gasteiger partial charge on any atom is -0.491 e. The first-order valence-electron chi connectivity index (χ1n) is 6.14. The van der Waals surface area contributed by atoms with E-state index in [2.05, 4.69) is 15.5 Å². The highest BCUT2D eigenvalue weighted by Crippen LogP contribution is 2.17. The normalized spacial score (nSPS) is 10.5. The van der Waals surface area contributed by atoms with Gasteiger partial charge in [-0.05, 0) is 39.0 Å². The topological polar surface area (TPSA) is 67.0 Å². The lowest BCUT2D eigenvalue weighted by Gasteiger charge is -2.10. The van der Waals surface area contributed by atoms with Crippen molar-refractivity contribution in [3.63, 3.8) is 0 Å². The van der Waals surface area contributed by atoms with Gasteiger partial charge in [-0.3, -0.25) is 9.89 Å². The molecule has 5 nitrogen and oxygen atoms in total. The van der Waals surface area contributed by atoms with Crippen molar-refractivity contribution in [3.8, 4) is 5.75 Å². The van der Waals surface area contributed by atoms with Crippen LogP contribution in [0.5, 0.6) is 5.75 Å². The van der Waals surface area contributed by atoms with Gasteiger partial charge in [0.05, 0.1) is 12.3 Å². The van der Waals surface area contributed by atoms with Gasteiger partial charge in [0.25, 0.3) is 5.91 Å². The quantitative estimate of drug-likeness (QED) is 0.887. The number of hydrogen-bond donors (Lipinski definition) is 2. The monoisotopic (exact) mass is 259 g/mol. The van der Waals surface area contributed by atoms with Gasteiger partial charge in [-0.2, -0.15) is 5.10 Å². The molecule has 2 aromatic rings. The molecule has 0 saturated carbocycles. The molecule has 1 aromatic carbocycles. The number of benzene rings is 1. The Bertz CT molecular complexity index is 576. The zero-order valence-corrected chi connectivity index (χ0v) is 11.2. The minimum atomic E-state index is -0.193. The molecule has 0 aliphatic carbocycles. The van der Waals surface area contributed by atoms with Crippen molar-refractivity contribution < 1.29 is 9.53 Å². The molecule has 19 heavy (non-hydrogen) atoms. The van der Waals surface area contributed by atoms with Crippen molar-refractivity contribution in [1.82, 2.24) is 10.2 Å². The molecular formula is C14H17N3O2. The number of ether oxygens (including phenoxy) is 1. The summed E-state index contributed by atoms with van der Waals surface area (Å²) in [6.07, 6.45) is 1.74. The molecule has 5 heteroatoms. The van der Waals surface area contributed by atoms with E-state index in [9.17, 15) is 4.79 Å². The highest BCUT2D eigenvalue weighted by Gasteiger charge is 2.10. The van der Waals surface area contributed by atoms with Gasteiger partial charge in [-0.1, -0.05) is 6.07 Å². The highest BCUT2D eigenvalue weighted by atomic mass is 16.5. The lowest BCUT2D eigenvalue weighted by molar-refractivity contribution is 0.102. The van der Waals surface area contributed by atoms with Crippen LogP contribution in [0, 0.1) is 6.92 Å². The first kappa shape index (κ1) is 13.1. The number of amides is 1. The second-order valence-corrected chi connectivity index (χ2v) is 4.58. The number of H-pyrrole nitrogens is 1. The summed E-state index contributed by atoms with van der Waals surface area (Å²) in [4.78, 5) is 12.1. The Morgan fingerprint density at radius 1 is 1.42 bits per heavy atom. The summed E-state index contributed by atoms with van der Waals surface area (Å²) in [5, 5.41) is 9.38. The number of nitrogens with zero attached hydrogens (tertiary/aromatic N) is 1. The van der Waals surface area contributed by atoms with Crippen LogP contribution < -0.4 is 10.1 Å². The van der Waals surface area contributed by atoms with Crippen molar-refractivity contribution in [2.75, 3.05) is 5.32 Å². The van der Waals surface area contributed by atoms with Gasteiger partial charge in [0.2, 0.25) is 0 Å². The van der Waals surface area contributed by atoms with Crippen molar-refractivity contribution >= 4 is 11.7 Å². The molecular weight excluding hydrogens is 242 g/mol. The third-order valence-corrected chi connectivity index (χ3v) is 2.54. The van der Waals surface area contributed by atoms with Crippen LogP contribution in [-0.2, 0) is 0 Å². The molecule has 2 N–H and O–H groups in total. The van der Waals surface area contributed by atoms with E-state index in [0.29, 0.717) is 17.1 Å². The van der Waals surface area contributed by atoms with Gasteiger partial charge in [-0.25, -0.2) is 0 Å². The Morgan fingerprint density at radius 2 is 2.21 bits per heavy atom. The molecule has 0 spiro atoms. The van der Waals surface area contributed by atoms with E-state index in [1.54, 1.807) is 24.4 Å². The number of aryl methyl sites for hydroxylation is 1. The van der Waals surface area contributed by atoms with Gasteiger partial charge < -0.3 is 10.1 Å². The molecule has 0 fully saturated rings. The van der Waals surface area contributed by atoms with Crippen LogP contribution in [0.3, 0.4) is 0 Å². The average molecular weight is 259 g/mol. The Morgan fingerprint density at radius 3 is 2.84 bits per heavy atom. The Kier molecular flexibility index (Phi) is 3.85. The maximum atomic E-state index is 12.1. The molecule has 0 aliphatic heterocycles. The van der Waals surface area contributed by atoms with Gasteiger partial charge in [-0.15, -0.1) is 0 Å². The lowest BCUT2D eigenvalue weighted by atomic mass is 10.2. The lowest BCUT2D eigenvalue weighted by Crippen LogP contribution is -2.13. The Labute approximate surface area is 112 Å². The number of aromatic nitrogens is 2. The zero-order chi connectivity index (χ0) is 13.8. The van der Waals surface area contributed by atoms with Gasteiger partial charge >= 0.3 is 0 Å². The van der Waals surface area contributed by atoms with Crippen molar-refractivity contribution in [1.29, 1.82) is 0 Å². The Hall–Kier alpha value is -2.30. The predicted octanol–water partition coefficient (Wildman–Crippen LogP) is 2.76. The van der Waals surface area contributed by atoms with Crippen LogP contribution >= 0.6 is 0 Å². The summed E-state index contributed by atoms with van der Waals surface area (Å²) in [5.74, 6) is 1.10. The van der Waals surface area contributed by atoms with E-state index in [-0.39, 0.29) is 12.0 Å². The van der Waals surface area contributed by atoms with Gasteiger partial charge in [0, 0.05) is 11.1 Å². The summed E-state index contributed by atoms with van der Waals surface area (Å²) < 4.78 is 5.56. The van der Waals surface area contributed by atoms with E-state index in [1.165, 1.54) is 0 Å². The number of anilines is 1. The number of carbonyl (C=O) groups excluding carboxylic acids is 1. The molecule has 0 bridgehead atoms. The average Bonchev–Trinajstić information content (AvgIpc) is 2.74. The summed E-state index contributed by atoms with van der Waals surface area (Å²) in [6.45, 7) is 5.76. The van der Waals surface area contributed by atoms with Crippen molar-refractivity contribution in [2.45, 2.75) is 26.9 Å². The van der Waals surface area contributed by atoms with Crippen LogP contribution in [0.15, 0.2) is 30.5 Å². The molecule has 0 unspecified atom stereocenters. The summed E-state index contributed by atoms with van der Waals surface area (Å²) >= 11 is 0. The van der Waals surface area contributed by atoms with E-state index < -0.39 is 0 Å². The zero-order valence-electron chi connectivity index (χ0n) is 11.2. The molecule has 2 rings (SSSR count). The number of aromatic amines is 1. The third-order valence-electron chi connectivity index (χ3n) is 2.54. The predicted molar refractivity (Wildman–Crippen MR) is 73.5 cm³/mol. The van der Waals surface area contributed by atoms with Crippen LogP contribution in [0.4, 0.5) is 5.82 Å². The second-order valence-electron chi connectivity index (χ2n) is 4.58. The van der Waals surface area contributed by atoms with E-state index >= 15 is 0 Å². The number of carbonyl (C=O) groups is 1. The Balaban J connectivity index is 2.13. The van der Waals surface area contributed by atoms with Crippen LogP contribution in [0.1, 0.15) is 29.8 Å². The van der Waals surface area contributed by atoms with Crippen molar-refractivity contribution in [3.05, 3.63) is 41.6 Å². The van der Waals surface area contributed by atoms with E-state index in [0.717, 1.165) is 5.56 Å². The van der Waals surface area contributed by atoms with Crippen LogP contribution in [-0.4, -0.2) is 22.2 Å². The van der Waals surface area contributed by atoms with E-state index in [1.807, 2.05) is 26.8 Å². The second kappa shape index (κ2) is 5.56. The maximum Gasteiger partial charge on any atom is 0.256 e. The van der Waals surface area contributed by atoms with E-state index in [4.69, 9.17) is 4.74 Å². The molecule has 1 heterocycles. The fourth-order valence-electron chi connectivity index (χ4n) is 1.64. The molecule has 0 atom stereocenters. The number of hydrogen-bond acceptors (Lipinski definition) is 3. The molecule has 1 amide bonds. The standard InChI is InChI=1S/C14H17N3O2/c1-9(2)19-12-6-4-5-11(7-12)14(18)16-13-10(3)8-15-17-13/h4-9H,1-3H3,(H2,15,16,17,18). The van der Waals surface area contributed by atoms with Gasteiger partial charge in [0.1, 0.15) is 11.6 Å². The largest absolute Gasteiger partial charge is 0.491 e. The first-order valence-corrected chi connectivity index (χ1v) is 6.14. The molecule has 100 valence electrons. The minimum absolute atomic E-state index is 0.0770. The SMILES string of the molecule is Cc1cn[nH]c1NC(=O)c1cccc(OC(C)C)c1. The molecule has 1 aromatic heterocycles. The first-order chi connectivity index (χ1) is 9.06. The highest BCUT2D eigenvalue weighted by molar-refractivity contribution is 6.04. The number of nitrogens with one attached hydrogen (secondary N) is 2. The summed E-state index contributed by atoms with van der Waals surface area (Å²) in [5.41, 5.74) is 1.44. The fourth-order valence-corrected chi connectivity index (χ4v) is 1.64. The third kappa shape index (κ3) is 3.34.